The second-order valence-corrected chi connectivity index (χ2v) is 5.28. The topological polar surface area (TPSA) is 50.9 Å². The number of hydrogen-bond donors (Lipinski definition) is 2. The minimum Gasteiger partial charge on any atom is -0.271 e. The number of benzene rings is 1. The maximum absolute atomic E-state index is 5.66. The second kappa shape index (κ2) is 5.40. The van der Waals surface area contributed by atoms with Gasteiger partial charge in [0.05, 0.1) is 11.6 Å². The lowest BCUT2D eigenvalue weighted by Gasteiger charge is -2.16. The number of nitrogens with one attached hydrogen (secondary N) is 1. The summed E-state index contributed by atoms with van der Waals surface area (Å²) < 4.78 is 0. The minimum absolute atomic E-state index is 0.147. The maximum Gasteiger partial charge on any atom is 0.0794 e. The molecule has 1 aromatic carbocycles. The average molecular weight is 247 g/mol. The van der Waals surface area contributed by atoms with Gasteiger partial charge in [-0.25, -0.2) is 0 Å². The van der Waals surface area contributed by atoms with E-state index in [1.165, 1.54) is 21.6 Å². The molecular formula is C13H17N3S. The third-order valence-electron chi connectivity index (χ3n) is 2.74. The molecule has 0 saturated carbocycles. The Kier molecular flexibility index (Phi) is 3.89. The molecule has 1 heterocycles. The summed E-state index contributed by atoms with van der Waals surface area (Å²) in [6, 6.07) is 6.68. The lowest BCUT2D eigenvalue weighted by Crippen LogP contribution is -2.29. The fourth-order valence-corrected chi connectivity index (χ4v) is 2.67. The molecule has 2 rings (SSSR count). The van der Waals surface area contributed by atoms with Crippen molar-refractivity contribution in [1.82, 2.24) is 10.4 Å². The van der Waals surface area contributed by atoms with E-state index >= 15 is 0 Å². The minimum atomic E-state index is 0.147. The lowest BCUT2D eigenvalue weighted by atomic mass is 9.99. The Hall–Kier alpha value is -1.23. The number of nitrogens with zero attached hydrogens (tertiary/aromatic N) is 1. The van der Waals surface area contributed by atoms with Gasteiger partial charge in [0.1, 0.15) is 0 Å². The summed E-state index contributed by atoms with van der Waals surface area (Å²) in [5, 5.41) is 0. The second-order valence-electron chi connectivity index (χ2n) is 4.31. The molecule has 4 heteroatoms. The van der Waals surface area contributed by atoms with E-state index in [2.05, 4.69) is 42.5 Å². The summed E-state index contributed by atoms with van der Waals surface area (Å²) in [7, 11) is 0. The van der Waals surface area contributed by atoms with E-state index in [0.29, 0.717) is 0 Å². The normalized spacial score (nSPS) is 12.6. The Bertz CT molecular complexity index is 459. The van der Waals surface area contributed by atoms with E-state index in [4.69, 9.17) is 5.84 Å². The Labute approximate surface area is 106 Å². The summed E-state index contributed by atoms with van der Waals surface area (Å²) in [6.45, 7) is 4.22. The van der Waals surface area contributed by atoms with Crippen molar-refractivity contribution in [2.45, 2.75) is 26.3 Å². The highest BCUT2D eigenvalue weighted by Crippen LogP contribution is 2.21. The van der Waals surface area contributed by atoms with Crippen molar-refractivity contribution >= 4 is 11.3 Å². The van der Waals surface area contributed by atoms with Gasteiger partial charge in [-0.15, -0.1) is 11.3 Å². The molecule has 1 atom stereocenters. The number of thiazole rings is 1. The van der Waals surface area contributed by atoms with E-state index in [1.54, 1.807) is 11.3 Å². The first-order valence-electron chi connectivity index (χ1n) is 5.60. The quantitative estimate of drug-likeness (QED) is 0.644. The fraction of sp³-hybridized carbons (Fsp3) is 0.308. The van der Waals surface area contributed by atoms with Crippen LogP contribution in [0.25, 0.3) is 0 Å². The highest BCUT2D eigenvalue weighted by atomic mass is 32.1. The molecule has 0 aliphatic rings. The molecule has 0 aliphatic heterocycles. The van der Waals surface area contributed by atoms with Crippen molar-refractivity contribution < 1.29 is 0 Å². The van der Waals surface area contributed by atoms with Gasteiger partial charge >= 0.3 is 0 Å². The van der Waals surface area contributed by atoms with E-state index in [1.807, 2.05) is 11.7 Å². The number of aromatic nitrogens is 1. The predicted octanol–water partition coefficient (Wildman–Crippen LogP) is 2.51. The standard InChI is InChI=1S/C13H17N3S/c1-9-3-10(2)5-11(4-9)13(16-14)6-12-7-15-8-17-12/h3-5,7-8,13,16H,6,14H2,1-2H3. The summed E-state index contributed by atoms with van der Waals surface area (Å²) >= 11 is 1.66. The first-order chi connectivity index (χ1) is 8.19. The van der Waals surface area contributed by atoms with Gasteiger partial charge in [-0.05, 0) is 19.4 Å². The Morgan fingerprint density at radius 3 is 2.53 bits per heavy atom. The van der Waals surface area contributed by atoms with Gasteiger partial charge in [-0.1, -0.05) is 29.3 Å². The van der Waals surface area contributed by atoms with E-state index in [9.17, 15) is 0 Å². The molecule has 0 saturated heterocycles. The molecular weight excluding hydrogens is 230 g/mol. The van der Waals surface area contributed by atoms with E-state index in [-0.39, 0.29) is 6.04 Å². The largest absolute Gasteiger partial charge is 0.271 e. The average Bonchev–Trinajstić information content (AvgIpc) is 2.77. The first kappa shape index (κ1) is 12.2. The van der Waals surface area contributed by atoms with Crippen LogP contribution in [0.5, 0.6) is 0 Å². The van der Waals surface area contributed by atoms with Crippen LogP contribution in [0, 0.1) is 13.8 Å². The number of nitrogens with two attached hydrogens (primary N) is 1. The molecule has 0 fully saturated rings. The Morgan fingerprint density at radius 2 is 2.00 bits per heavy atom. The van der Waals surface area contributed by atoms with Crippen molar-refractivity contribution in [3.05, 3.63) is 51.5 Å². The van der Waals surface area contributed by atoms with Crippen molar-refractivity contribution in [3.8, 4) is 0 Å². The van der Waals surface area contributed by atoms with E-state index in [0.717, 1.165) is 6.42 Å². The van der Waals surface area contributed by atoms with Gasteiger partial charge < -0.3 is 0 Å². The molecule has 1 unspecified atom stereocenters. The number of hydrazine groups is 1. The molecule has 3 N–H and O–H groups in total. The smallest absolute Gasteiger partial charge is 0.0794 e. The highest BCUT2D eigenvalue weighted by Gasteiger charge is 2.12. The van der Waals surface area contributed by atoms with Crippen molar-refractivity contribution in [3.63, 3.8) is 0 Å². The first-order valence-corrected chi connectivity index (χ1v) is 6.48. The zero-order valence-corrected chi connectivity index (χ0v) is 10.9. The van der Waals surface area contributed by atoms with Crippen LogP contribution in [0.4, 0.5) is 0 Å². The van der Waals surface area contributed by atoms with Crippen LogP contribution in [0.2, 0.25) is 0 Å². The molecule has 2 aromatic rings. The van der Waals surface area contributed by atoms with Crippen LogP contribution >= 0.6 is 11.3 Å². The molecule has 0 aliphatic carbocycles. The van der Waals surface area contributed by atoms with Crippen LogP contribution in [-0.4, -0.2) is 4.98 Å². The van der Waals surface area contributed by atoms with Crippen LogP contribution < -0.4 is 11.3 Å². The zero-order chi connectivity index (χ0) is 12.3. The maximum atomic E-state index is 5.66. The Balaban J connectivity index is 2.22. The van der Waals surface area contributed by atoms with E-state index < -0.39 is 0 Å². The van der Waals surface area contributed by atoms with Crippen molar-refractivity contribution in [2.75, 3.05) is 0 Å². The molecule has 17 heavy (non-hydrogen) atoms. The van der Waals surface area contributed by atoms with Crippen LogP contribution in [-0.2, 0) is 6.42 Å². The van der Waals surface area contributed by atoms with Gasteiger partial charge in [0.2, 0.25) is 0 Å². The lowest BCUT2D eigenvalue weighted by molar-refractivity contribution is 0.554. The zero-order valence-electron chi connectivity index (χ0n) is 10.1. The van der Waals surface area contributed by atoms with Crippen molar-refractivity contribution in [1.29, 1.82) is 0 Å². The fourth-order valence-electron chi connectivity index (χ4n) is 2.03. The summed E-state index contributed by atoms with van der Waals surface area (Å²) in [5.74, 6) is 5.66. The highest BCUT2D eigenvalue weighted by molar-refractivity contribution is 7.09. The van der Waals surface area contributed by atoms with Gasteiger partial charge in [-0.3, -0.25) is 16.3 Å². The summed E-state index contributed by atoms with van der Waals surface area (Å²) in [6.07, 6.45) is 2.78. The van der Waals surface area contributed by atoms with Crippen LogP contribution in [0.3, 0.4) is 0 Å². The molecule has 0 amide bonds. The third-order valence-corrected chi connectivity index (χ3v) is 3.54. The molecule has 1 aromatic heterocycles. The number of hydrogen-bond acceptors (Lipinski definition) is 4. The number of aryl methyl sites for hydroxylation is 2. The molecule has 90 valence electrons. The monoisotopic (exact) mass is 247 g/mol. The van der Waals surface area contributed by atoms with Crippen LogP contribution in [0.15, 0.2) is 29.9 Å². The van der Waals surface area contributed by atoms with Gasteiger partial charge in [0.25, 0.3) is 0 Å². The SMILES string of the molecule is Cc1cc(C)cc(C(Cc2cncs2)NN)c1. The summed E-state index contributed by atoms with van der Waals surface area (Å²) in [5.41, 5.74) is 8.51. The van der Waals surface area contributed by atoms with Gasteiger partial charge in [0, 0.05) is 17.5 Å². The molecule has 0 radical (unpaired) electrons. The number of rotatable bonds is 4. The van der Waals surface area contributed by atoms with Gasteiger partial charge in [-0.2, -0.15) is 0 Å². The molecule has 0 spiro atoms. The molecule has 0 bridgehead atoms. The summed E-state index contributed by atoms with van der Waals surface area (Å²) in [4.78, 5) is 5.33. The molecule has 3 nitrogen and oxygen atoms in total. The third kappa shape index (κ3) is 3.12. The predicted molar refractivity (Wildman–Crippen MR) is 71.8 cm³/mol. The van der Waals surface area contributed by atoms with Crippen LogP contribution in [0.1, 0.15) is 27.6 Å². The van der Waals surface area contributed by atoms with Crippen molar-refractivity contribution in [2.24, 2.45) is 5.84 Å². The van der Waals surface area contributed by atoms with Gasteiger partial charge in [0.15, 0.2) is 0 Å². The Morgan fingerprint density at radius 1 is 1.29 bits per heavy atom.